The quantitative estimate of drug-likeness (QED) is 0.0871. The molecule has 0 aliphatic carbocycles. The molecular weight excluding hydrogens is 574 g/mol. The highest BCUT2D eigenvalue weighted by Crippen LogP contribution is 2.20. The van der Waals surface area contributed by atoms with E-state index in [0.717, 1.165) is 32.2 Å². The van der Waals surface area contributed by atoms with Gasteiger partial charge in [-0.2, -0.15) is 0 Å². The van der Waals surface area contributed by atoms with Crippen molar-refractivity contribution in [3.05, 3.63) is 11.9 Å². The van der Waals surface area contributed by atoms with E-state index in [4.69, 9.17) is 26.0 Å². The van der Waals surface area contributed by atoms with Gasteiger partial charge in [-0.25, -0.2) is 9.52 Å². The summed E-state index contributed by atoms with van der Waals surface area (Å²) in [4.78, 5) is 29.6. The molecular formula is C27H48ClN5O9. The zero-order chi connectivity index (χ0) is 30.9. The van der Waals surface area contributed by atoms with E-state index in [1.165, 1.54) is 0 Å². The number of amides is 1. The maximum absolute atomic E-state index is 12.7. The van der Waals surface area contributed by atoms with Gasteiger partial charge in [0.2, 0.25) is 5.91 Å². The van der Waals surface area contributed by atoms with Crippen LogP contribution >= 0.6 is 11.8 Å². The molecule has 1 aromatic heterocycles. The molecule has 0 aromatic carbocycles. The molecule has 2 heterocycles. The van der Waals surface area contributed by atoms with Crippen molar-refractivity contribution in [3.63, 3.8) is 0 Å². The van der Waals surface area contributed by atoms with Crippen LogP contribution in [0, 0.1) is 5.92 Å². The first-order chi connectivity index (χ1) is 20.2. The van der Waals surface area contributed by atoms with E-state index in [-0.39, 0.29) is 37.4 Å². The average molecular weight is 622 g/mol. The molecule has 1 aliphatic rings. The number of rotatable bonds is 22. The van der Waals surface area contributed by atoms with E-state index in [2.05, 4.69) is 15.1 Å². The number of aliphatic hydroxyl groups is 4. The lowest BCUT2D eigenvalue weighted by Gasteiger charge is -2.38. The van der Waals surface area contributed by atoms with E-state index in [1.807, 2.05) is 13.8 Å². The fraction of sp³-hybridized carbons (Fsp3) is 0.852. The van der Waals surface area contributed by atoms with Gasteiger partial charge in [0.15, 0.2) is 6.29 Å². The first kappa shape index (κ1) is 36.4. The molecule has 1 amide bonds. The van der Waals surface area contributed by atoms with Crippen LogP contribution in [0.25, 0.3) is 0 Å². The normalized spacial score (nSPS) is 23.2. The molecule has 1 aromatic rings. The fourth-order valence-electron chi connectivity index (χ4n) is 4.52. The largest absolute Gasteiger partial charge is 0.387 e. The van der Waals surface area contributed by atoms with Gasteiger partial charge in [0, 0.05) is 31.8 Å². The lowest BCUT2D eigenvalue weighted by atomic mass is 9.96. The summed E-state index contributed by atoms with van der Waals surface area (Å²) >= 11 is 5.47. The van der Waals surface area contributed by atoms with Crippen LogP contribution in [0.2, 0.25) is 0 Å². The average Bonchev–Trinajstić information content (AvgIpc) is 3.42. The Balaban J connectivity index is 1.67. The Labute approximate surface area is 252 Å². The van der Waals surface area contributed by atoms with Crippen molar-refractivity contribution in [1.82, 2.24) is 24.7 Å². The van der Waals surface area contributed by atoms with Crippen molar-refractivity contribution in [2.24, 2.45) is 5.92 Å². The molecule has 6 atom stereocenters. The first-order valence-electron chi connectivity index (χ1n) is 14.7. The number of aromatic nitrogens is 3. The van der Waals surface area contributed by atoms with E-state index in [1.54, 1.807) is 15.8 Å². The lowest BCUT2D eigenvalue weighted by Crippen LogP contribution is -2.58. The molecule has 0 saturated carbocycles. The van der Waals surface area contributed by atoms with Crippen molar-refractivity contribution in [2.75, 3.05) is 39.5 Å². The van der Waals surface area contributed by atoms with Crippen molar-refractivity contribution >= 4 is 23.5 Å². The molecule has 1 fully saturated rings. The van der Waals surface area contributed by atoms with Crippen molar-refractivity contribution < 1.29 is 44.2 Å². The summed E-state index contributed by atoms with van der Waals surface area (Å²) in [6, 6.07) is 0. The van der Waals surface area contributed by atoms with Crippen LogP contribution < -0.4 is 4.84 Å². The van der Waals surface area contributed by atoms with Gasteiger partial charge in [0.25, 0.3) is 0 Å². The molecule has 14 nitrogen and oxygen atoms in total. The molecule has 1 aliphatic heterocycles. The predicted octanol–water partition coefficient (Wildman–Crippen LogP) is 0.139. The second-order valence-corrected chi connectivity index (χ2v) is 10.9. The van der Waals surface area contributed by atoms with Crippen LogP contribution in [0.5, 0.6) is 0 Å². The molecule has 42 heavy (non-hydrogen) atoms. The van der Waals surface area contributed by atoms with Gasteiger partial charge in [0.1, 0.15) is 35.9 Å². The van der Waals surface area contributed by atoms with Gasteiger partial charge in [-0.15, -0.1) is 5.10 Å². The summed E-state index contributed by atoms with van der Waals surface area (Å²) in [7, 11) is 0. The SMILES string of the molecule is CCCC(=O)N(CCCC(=O)C(C)CCCCNCl)Cc1cn(CCOCCOCC2OC(O)C(O)C(O)C2O)nn1. The number of unbranched alkanes of at least 4 members (excludes halogenated alkanes) is 1. The molecule has 5 N–H and O–H groups in total. The van der Waals surface area contributed by atoms with E-state index in [0.29, 0.717) is 51.2 Å². The molecule has 0 radical (unpaired) electrons. The third kappa shape index (κ3) is 12.9. The Morgan fingerprint density at radius 1 is 1.10 bits per heavy atom. The monoisotopic (exact) mass is 621 g/mol. The van der Waals surface area contributed by atoms with Crippen LogP contribution in [-0.2, 0) is 36.9 Å². The number of hydrogen-bond donors (Lipinski definition) is 5. The molecule has 0 spiro atoms. The van der Waals surface area contributed by atoms with E-state index >= 15 is 0 Å². The van der Waals surface area contributed by atoms with E-state index in [9.17, 15) is 30.0 Å². The van der Waals surface area contributed by atoms with Gasteiger partial charge in [-0.1, -0.05) is 25.5 Å². The van der Waals surface area contributed by atoms with Crippen LogP contribution in [0.1, 0.15) is 64.5 Å². The number of carbonyl (C=O) groups excluding carboxylic acids is 2. The highest BCUT2D eigenvalue weighted by molar-refractivity contribution is 6.13. The Hall–Kier alpha value is -1.75. The number of ketones is 1. The first-order valence-corrected chi connectivity index (χ1v) is 15.1. The van der Waals surface area contributed by atoms with Crippen molar-refractivity contribution in [1.29, 1.82) is 0 Å². The highest BCUT2D eigenvalue weighted by Gasteiger charge is 2.42. The second-order valence-electron chi connectivity index (χ2n) is 10.6. The zero-order valence-corrected chi connectivity index (χ0v) is 25.4. The van der Waals surface area contributed by atoms with Gasteiger partial charge < -0.3 is 39.5 Å². The van der Waals surface area contributed by atoms with Gasteiger partial charge >= 0.3 is 0 Å². The Morgan fingerprint density at radius 2 is 1.86 bits per heavy atom. The smallest absolute Gasteiger partial charge is 0.222 e. The zero-order valence-electron chi connectivity index (χ0n) is 24.6. The number of nitrogens with zero attached hydrogens (tertiary/aromatic N) is 4. The Bertz CT molecular complexity index is 911. The number of Topliss-reactive ketones (excluding diaryl/α,β-unsaturated/α-hetero) is 1. The summed E-state index contributed by atoms with van der Waals surface area (Å²) in [5, 5.41) is 47.0. The standard InChI is InChI=1S/C27H48ClN5O9/c1-3-7-23(35)32(11-6-9-21(34)19(2)8-4-5-10-29-28)16-20-17-33(31-30-20)12-13-40-14-15-41-18-22-24(36)25(37)26(38)27(39)42-22/h17,19,22,24-27,29,36-39H,3-16,18H2,1-2H3. The van der Waals surface area contributed by atoms with Crippen LogP contribution in [0.15, 0.2) is 6.20 Å². The number of halogens is 1. The lowest BCUT2D eigenvalue weighted by molar-refractivity contribution is -0.288. The summed E-state index contributed by atoms with van der Waals surface area (Å²) in [6.45, 7) is 6.53. The van der Waals surface area contributed by atoms with Crippen LogP contribution in [0.3, 0.4) is 0 Å². The molecule has 1 saturated heterocycles. The van der Waals surface area contributed by atoms with Gasteiger partial charge in [0.05, 0.1) is 45.7 Å². The summed E-state index contributed by atoms with van der Waals surface area (Å²) in [6.07, 6.45) is -0.422. The van der Waals surface area contributed by atoms with E-state index < -0.39 is 30.7 Å². The number of ether oxygens (including phenoxy) is 3. The number of nitrogens with one attached hydrogen (secondary N) is 1. The minimum Gasteiger partial charge on any atom is -0.387 e. The summed E-state index contributed by atoms with van der Waals surface area (Å²) in [5.74, 6) is 0.229. The number of hydrogen-bond acceptors (Lipinski definition) is 12. The number of aliphatic hydroxyl groups excluding tert-OH is 4. The Morgan fingerprint density at radius 3 is 2.60 bits per heavy atom. The van der Waals surface area contributed by atoms with Gasteiger partial charge in [-0.3, -0.25) is 9.59 Å². The molecule has 0 bridgehead atoms. The number of carbonyl (C=O) groups is 2. The fourth-order valence-corrected chi connectivity index (χ4v) is 4.65. The summed E-state index contributed by atoms with van der Waals surface area (Å²) in [5.41, 5.74) is 0.649. The van der Waals surface area contributed by atoms with Crippen molar-refractivity contribution in [3.8, 4) is 0 Å². The predicted molar refractivity (Wildman–Crippen MR) is 152 cm³/mol. The second kappa shape index (κ2) is 20.3. The molecule has 6 unspecified atom stereocenters. The van der Waals surface area contributed by atoms with Crippen LogP contribution in [0.4, 0.5) is 0 Å². The molecule has 242 valence electrons. The molecule has 2 rings (SSSR count). The minimum atomic E-state index is -1.60. The Kier molecular flexibility index (Phi) is 17.6. The minimum absolute atomic E-state index is 0.00867. The third-order valence-corrected chi connectivity index (χ3v) is 7.31. The maximum Gasteiger partial charge on any atom is 0.222 e. The highest BCUT2D eigenvalue weighted by atomic mass is 35.5. The topological polar surface area (TPSA) is 189 Å². The maximum atomic E-state index is 12.7. The van der Waals surface area contributed by atoms with Gasteiger partial charge in [-0.05, 0) is 37.5 Å². The molecule has 15 heteroatoms. The third-order valence-electron chi connectivity index (χ3n) is 7.12. The van der Waals surface area contributed by atoms with Crippen molar-refractivity contribution in [2.45, 2.75) is 103 Å². The summed E-state index contributed by atoms with van der Waals surface area (Å²) < 4.78 is 17.6. The van der Waals surface area contributed by atoms with Crippen LogP contribution in [-0.4, -0.2) is 122 Å².